The zero-order chi connectivity index (χ0) is 14.8. The molecule has 6 nitrogen and oxygen atoms in total. The van der Waals surface area contributed by atoms with Crippen molar-refractivity contribution in [2.45, 2.75) is 44.9 Å². The maximum absolute atomic E-state index is 11.9. The van der Waals surface area contributed by atoms with E-state index in [1.165, 1.54) is 31.7 Å². The number of H-pyrrole nitrogens is 2. The van der Waals surface area contributed by atoms with Gasteiger partial charge >= 0.3 is 11.3 Å². The highest BCUT2D eigenvalue weighted by Crippen LogP contribution is 2.29. The summed E-state index contributed by atoms with van der Waals surface area (Å²) in [5.41, 5.74) is -1.10. The predicted molar refractivity (Wildman–Crippen MR) is 78.6 cm³/mol. The number of aromatic amines is 2. The van der Waals surface area contributed by atoms with E-state index in [-0.39, 0.29) is 11.1 Å². The van der Waals surface area contributed by atoms with Crippen molar-refractivity contribution in [2.75, 3.05) is 0 Å². The van der Waals surface area contributed by atoms with Crippen LogP contribution in [0.1, 0.15) is 44.1 Å². The molecule has 0 amide bonds. The van der Waals surface area contributed by atoms with E-state index in [0.717, 1.165) is 18.8 Å². The standard InChI is InChI=1S/C15H18N2O4/c18-11-8-10(7-3-6-9-4-1-2-5-9)12-13(19)16-15(20)17-14(12)21-11/h8-9H,1-7H2,(H2,16,17,19,20). The number of hydrogen-bond acceptors (Lipinski definition) is 4. The third-order valence-corrected chi connectivity index (χ3v) is 4.26. The van der Waals surface area contributed by atoms with Crippen molar-refractivity contribution in [1.29, 1.82) is 0 Å². The van der Waals surface area contributed by atoms with E-state index in [9.17, 15) is 14.4 Å². The average molecular weight is 290 g/mol. The summed E-state index contributed by atoms with van der Waals surface area (Å²) in [5.74, 6) is 0.773. The van der Waals surface area contributed by atoms with Gasteiger partial charge in [-0.25, -0.2) is 9.59 Å². The third kappa shape index (κ3) is 2.99. The second-order valence-corrected chi connectivity index (χ2v) is 5.75. The van der Waals surface area contributed by atoms with Crippen LogP contribution in [0.3, 0.4) is 0 Å². The van der Waals surface area contributed by atoms with E-state index in [1.54, 1.807) is 0 Å². The molecular formula is C15H18N2O4. The van der Waals surface area contributed by atoms with Crippen LogP contribution in [0.2, 0.25) is 0 Å². The van der Waals surface area contributed by atoms with Crippen LogP contribution < -0.4 is 16.9 Å². The molecule has 1 fully saturated rings. The molecule has 6 heteroatoms. The Kier molecular flexibility index (Phi) is 3.77. The second-order valence-electron chi connectivity index (χ2n) is 5.75. The van der Waals surface area contributed by atoms with Crippen LogP contribution in [0, 0.1) is 5.92 Å². The first-order chi connectivity index (χ1) is 10.1. The first-order valence-corrected chi connectivity index (χ1v) is 7.43. The van der Waals surface area contributed by atoms with Gasteiger partial charge in [0.25, 0.3) is 5.56 Å². The molecule has 2 heterocycles. The summed E-state index contributed by atoms with van der Waals surface area (Å²) < 4.78 is 4.91. The first-order valence-electron chi connectivity index (χ1n) is 7.43. The molecule has 0 aliphatic heterocycles. The van der Waals surface area contributed by atoms with Gasteiger partial charge in [-0.15, -0.1) is 0 Å². The van der Waals surface area contributed by atoms with Gasteiger partial charge < -0.3 is 4.42 Å². The molecule has 112 valence electrons. The first kappa shape index (κ1) is 13.9. The van der Waals surface area contributed by atoms with Crippen molar-refractivity contribution in [1.82, 2.24) is 9.97 Å². The normalized spacial score (nSPS) is 15.8. The average Bonchev–Trinajstić information content (AvgIpc) is 2.90. The van der Waals surface area contributed by atoms with Gasteiger partial charge in [0, 0.05) is 6.07 Å². The van der Waals surface area contributed by atoms with Gasteiger partial charge in [-0.2, -0.15) is 0 Å². The summed E-state index contributed by atoms with van der Waals surface area (Å²) in [6.07, 6.45) is 7.88. The van der Waals surface area contributed by atoms with Gasteiger partial charge in [-0.1, -0.05) is 32.1 Å². The summed E-state index contributed by atoms with van der Waals surface area (Å²) in [6.45, 7) is 0. The van der Waals surface area contributed by atoms with Gasteiger partial charge in [0.05, 0.1) is 0 Å². The van der Waals surface area contributed by atoms with Crippen molar-refractivity contribution in [3.8, 4) is 0 Å². The van der Waals surface area contributed by atoms with Crippen LogP contribution in [0.25, 0.3) is 11.1 Å². The highest BCUT2D eigenvalue weighted by Gasteiger charge is 2.15. The van der Waals surface area contributed by atoms with Crippen LogP contribution in [-0.4, -0.2) is 9.97 Å². The largest absolute Gasteiger partial charge is 0.405 e. The molecule has 1 aliphatic carbocycles. The molecule has 0 saturated heterocycles. The molecule has 3 rings (SSSR count). The Morgan fingerprint density at radius 3 is 2.67 bits per heavy atom. The van der Waals surface area contributed by atoms with E-state index >= 15 is 0 Å². The lowest BCUT2D eigenvalue weighted by Crippen LogP contribution is -2.24. The molecule has 0 spiro atoms. The smallest absolute Gasteiger partial charge is 0.337 e. The van der Waals surface area contributed by atoms with Crippen molar-refractivity contribution in [3.63, 3.8) is 0 Å². The number of nitrogens with one attached hydrogen (secondary N) is 2. The Morgan fingerprint density at radius 1 is 1.14 bits per heavy atom. The molecule has 1 aliphatic rings. The predicted octanol–water partition coefficient (Wildman–Crippen LogP) is 1.68. The van der Waals surface area contributed by atoms with Crippen LogP contribution in [0.15, 0.2) is 24.9 Å². The summed E-state index contributed by atoms with van der Waals surface area (Å²) >= 11 is 0. The summed E-state index contributed by atoms with van der Waals surface area (Å²) in [5, 5.41) is 0.278. The Bertz CT molecular complexity index is 804. The van der Waals surface area contributed by atoms with Gasteiger partial charge in [0.15, 0.2) is 0 Å². The van der Waals surface area contributed by atoms with Crippen molar-refractivity contribution in [2.24, 2.45) is 5.92 Å². The lowest BCUT2D eigenvalue weighted by molar-refractivity contribution is 0.483. The number of fused-ring (bicyclic) bond motifs is 1. The number of rotatable bonds is 4. The maximum Gasteiger partial charge on any atom is 0.337 e. The van der Waals surface area contributed by atoms with Gasteiger partial charge in [0.1, 0.15) is 5.39 Å². The lowest BCUT2D eigenvalue weighted by Gasteiger charge is -2.08. The van der Waals surface area contributed by atoms with E-state index in [1.807, 2.05) is 0 Å². The molecule has 0 aromatic carbocycles. The fourth-order valence-corrected chi connectivity index (χ4v) is 3.26. The molecule has 21 heavy (non-hydrogen) atoms. The molecule has 2 aromatic rings. The number of hydrogen-bond donors (Lipinski definition) is 2. The van der Waals surface area contributed by atoms with E-state index in [0.29, 0.717) is 12.0 Å². The zero-order valence-electron chi connectivity index (χ0n) is 11.7. The van der Waals surface area contributed by atoms with Gasteiger partial charge in [-0.3, -0.25) is 14.8 Å². The molecule has 0 bridgehead atoms. The summed E-state index contributed by atoms with van der Waals surface area (Å²) in [4.78, 5) is 39.2. The topological polar surface area (TPSA) is 95.9 Å². The Labute approximate surface area is 120 Å². The lowest BCUT2D eigenvalue weighted by atomic mass is 9.98. The highest BCUT2D eigenvalue weighted by atomic mass is 16.4. The minimum atomic E-state index is -0.668. The second kappa shape index (κ2) is 5.71. The van der Waals surface area contributed by atoms with Crippen molar-refractivity contribution >= 4 is 11.1 Å². The van der Waals surface area contributed by atoms with Crippen LogP contribution in [-0.2, 0) is 6.42 Å². The van der Waals surface area contributed by atoms with E-state index in [4.69, 9.17) is 4.42 Å². The summed E-state index contributed by atoms with van der Waals surface area (Å²) in [7, 11) is 0. The van der Waals surface area contributed by atoms with Gasteiger partial charge in [-0.05, 0) is 24.3 Å². The zero-order valence-corrected chi connectivity index (χ0v) is 11.7. The Hall–Kier alpha value is -2.11. The van der Waals surface area contributed by atoms with Crippen molar-refractivity contribution in [3.05, 3.63) is 42.9 Å². The molecule has 0 radical (unpaired) electrons. The minimum absolute atomic E-state index is 0.0351. The molecule has 0 atom stereocenters. The monoisotopic (exact) mass is 290 g/mol. The van der Waals surface area contributed by atoms with E-state index < -0.39 is 16.9 Å². The molecule has 2 aromatic heterocycles. The van der Waals surface area contributed by atoms with Crippen LogP contribution in [0.4, 0.5) is 0 Å². The van der Waals surface area contributed by atoms with Crippen molar-refractivity contribution < 1.29 is 4.42 Å². The SMILES string of the molecule is O=c1[nH]c(=O)c2c(CCCC3CCCC3)cc(=O)oc2[nH]1. The molecular weight excluding hydrogens is 272 g/mol. The number of aromatic nitrogens is 2. The molecule has 2 N–H and O–H groups in total. The quantitative estimate of drug-likeness (QED) is 0.895. The fraction of sp³-hybridized carbons (Fsp3) is 0.533. The molecule has 0 unspecified atom stereocenters. The van der Waals surface area contributed by atoms with Crippen LogP contribution >= 0.6 is 0 Å². The third-order valence-electron chi connectivity index (χ3n) is 4.26. The van der Waals surface area contributed by atoms with E-state index in [2.05, 4.69) is 9.97 Å². The Balaban J connectivity index is 1.88. The maximum atomic E-state index is 11.9. The number of aryl methyl sites for hydroxylation is 1. The summed E-state index contributed by atoms with van der Waals surface area (Å²) in [6, 6.07) is 1.35. The minimum Gasteiger partial charge on any atom is -0.405 e. The fourth-order valence-electron chi connectivity index (χ4n) is 3.26. The molecule has 1 saturated carbocycles. The van der Waals surface area contributed by atoms with Gasteiger partial charge in [0.2, 0.25) is 5.71 Å². The Morgan fingerprint density at radius 2 is 1.90 bits per heavy atom. The highest BCUT2D eigenvalue weighted by molar-refractivity contribution is 5.75. The van der Waals surface area contributed by atoms with Crippen LogP contribution in [0.5, 0.6) is 0 Å².